The number of benzene rings is 2. The van der Waals surface area contributed by atoms with Gasteiger partial charge in [0.2, 0.25) is 0 Å². The van der Waals surface area contributed by atoms with E-state index in [9.17, 15) is 9.59 Å². The zero-order chi connectivity index (χ0) is 18.1. The highest BCUT2D eigenvalue weighted by atomic mass is 35.5. The van der Waals surface area contributed by atoms with E-state index in [0.717, 1.165) is 0 Å². The van der Waals surface area contributed by atoms with E-state index in [4.69, 9.17) is 47.0 Å². The first-order chi connectivity index (χ1) is 11.9. The van der Waals surface area contributed by atoms with Gasteiger partial charge in [0.15, 0.2) is 5.11 Å². The van der Waals surface area contributed by atoms with Crippen LogP contribution in [0.5, 0.6) is 0 Å². The third kappa shape index (κ3) is 3.55. The lowest BCUT2D eigenvalue weighted by atomic mass is 10.1. The zero-order valence-corrected chi connectivity index (χ0v) is 15.5. The first-order valence-corrected chi connectivity index (χ1v) is 8.54. The van der Waals surface area contributed by atoms with Gasteiger partial charge in [-0.2, -0.15) is 0 Å². The predicted octanol–water partition coefficient (Wildman–Crippen LogP) is 4.48. The Morgan fingerprint density at radius 1 is 0.960 bits per heavy atom. The molecule has 2 aromatic carbocycles. The number of halogens is 3. The molecule has 0 bridgehead atoms. The molecule has 0 aromatic heterocycles. The van der Waals surface area contributed by atoms with Gasteiger partial charge >= 0.3 is 0 Å². The summed E-state index contributed by atoms with van der Waals surface area (Å²) in [5, 5.41) is 3.65. The van der Waals surface area contributed by atoms with Crippen molar-refractivity contribution >= 4 is 75.7 Å². The number of rotatable bonds is 2. The molecular weight excluding hydrogens is 403 g/mol. The number of carbonyl (C=O) groups is 2. The maximum absolute atomic E-state index is 12.8. The van der Waals surface area contributed by atoms with Crippen molar-refractivity contribution in [2.45, 2.75) is 0 Å². The first kappa shape index (κ1) is 17.9. The molecule has 4 nitrogen and oxygen atoms in total. The fourth-order valence-corrected chi connectivity index (χ4v) is 3.19. The molecule has 1 saturated heterocycles. The number of carbonyl (C=O) groups excluding carboxylic acids is 2. The first-order valence-electron chi connectivity index (χ1n) is 6.99. The zero-order valence-electron chi connectivity index (χ0n) is 12.4. The summed E-state index contributed by atoms with van der Waals surface area (Å²) in [4.78, 5) is 26.3. The molecule has 2 amide bonds. The van der Waals surface area contributed by atoms with Crippen molar-refractivity contribution in [3.8, 4) is 0 Å². The molecule has 1 aliphatic heterocycles. The van der Waals surface area contributed by atoms with Gasteiger partial charge < -0.3 is 0 Å². The van der Waals surface area contributed by atoms with Crippen LogP contribution in [0.15, 0.2) is 48.0 Å². The highest BCUT2D eigenvalue weighted by Crippen LogP contribution is 2.29. The number of nitrogens with one attached hydrogen (secondary N) is 1. The van der Waals surface area contributed by atoms with Crippen LogP contribution in [-0.2, 0) is 9.59 Å². The summed E-state index contributed by atoms with van der Waals surface area (Å²) in [7, 11) is 0. The van der Waals surface area contributed by atoms with Crippen LogP contribution in [0.25, 0.3) is 6.08 Å². The molecule has 0 atom stereocenters. The van der Waals surface area contributed by atoms with Crippen molar-refractivity contribution in [1.29, 1.82) is 0 Å². The Bertz CT molecular complexity index is 906. The molecule has 1 N–H and O–H groups in total. The quantitative estimate of drug-likeness (QED) is 0.450. The molecule has 25 heavy (non-hydrogen) atoms. The fraction of sp³-hybridized carbons (Fsp3) is 0. The van der Waals surface area contributed by atoms with E-state index < -0.39 is 11.8 Å². The lowest BCUT2D eigenvalue weighted by Gasteiger charge is -2.29. The molecule has 126 valence electrons. The molecule has 0 radical (unpaired) electrons. The molecule has 0 unspecified atom stereocenters. The van der Waals surface area contributed by atoms with Crippen molar-refractivity contribution < 1.29 is 9.59 Å². The summed E-state index contributed by atoms with van der Waals surface area (Å²) in [6.07, 6.45) is 1.35. The Morgan fingerprint density at radius 2 is 1.56 bits per heavy atom. The van der Waals surface area contributed by atoms with Crippen molar-refractivity contribution in [3.05, 3.63) is 68.7 Å². The lowest BCUT2D eigenvalue weighted by molar-refractivity contribution is -0.122. The summed E-state index contributed by atoms with van der Waals surface area (Å²) < 4.78 is 0. The summed E-state index contributed by atoms with van der Waals surface area (Å²) >= 11 is 23.2. The second-order valence-corrected chi connectivity index (χ2v) is 6.71. The molecular formula is C17H9Cl3N2O2S. The molecule has 2 aromatic rings. The van der Waals surface area contributed by atoms with Crippen LogP contribution < -0.4 is 10.2 Å². The number of amides is 2. The third-order valence-corrected chi connectivity index (χ3v) is 4.67. The summed E-state index contributed by atoms with van der Waals surface area (Å²) in [5.74, 6) is -1.19. The van der Waals surface area contributed by atoms with Gasteiger partial charge in [0.25, 0.3) is 11.8 Å². The maximum Gasteiger partial charge on any atom is 0.270 e. The minimum atomic E-state index is -0.615. The van der Waals surface area contributed by atoms with Gasteiger partial charge in [0.05, 0.1) is 5.69 Å². The van der Waals surface area contributed by atoms with Gasteiger partial charge in [0.1, 0.15) is 5.57 Å². The summed E-state index contributed by atoms with van der Waals surface area (Å²) in [6.45, 7) is 0. The van der Waals surface area contributed by atoms with E-state index in [1.807, 2.05) is 0 Å². The highest BCUT2D eigenvalue weighted by molar-refractivity contribution is 7.80. The largest absolute Gasteiger partial charge is 0.298 e. The van der Waals surface area contributed by atoms with E-state index in [-0.39, 0.29) is 10.7 Å². The Balaban J connectivity index is 2.07. The van der Waals surface area contributed by atoms with Crippen LogP contribution in [0.4, 0.5) is 5.69 Å². The minimum Gasteiger partial charge on any atom is -0.298 e. The average Bonchev–Trinajstić information content (AvgIpc) is 2.55. The molecule has 0 saturated carbocycles. The van der Waals surface area contributed by atoms with E-state index in [0.29, 0.717) is 26.3 Å². The van der Waals surface area contributed by atoms with Gasteiger partial charge in [-0.25, -0.2) is 0 Å². The van der Waals surface area contributed by atoms with Crippen LogP contribution in [0.1, 0.15) is 5.56 Å². The summed E-state index contributed by atoms with van der Waals surface area (Å²) in [5.41, 5.74) is 0.738. The lowest BCUT2D eigenvalue weighted by Crippen LogP contribution is -2.54. The van der Waals surface area contributed by atoms with Crippen molar-refractivity contribution in [2.75, 3.05) is 4.90 Å². The predicted molar refractivity (Wildman–Crippen MR) is 104 cm³/mol. The van der Waals surface area contributed by atoms with Crippen LogP contribution in [-0.4, -0.2) is 16.9 Å². The van der Waals surface area contributed by atoms with E-state index >= 15 is 0 Å². The number of thiocarbonyl (C=S) groups is 1. The number of nitrogens with zero attached hydrogens (tertiary/aromatic N) is 1. The van der Waals surface area contributed by atoms with Gasteiger partial charge in [-0.1, -0.05) is 40.9 Å². The second kappa shape index (κ2) is 7.14. The molecule has 0 aliphatic carbocycles. The van der Waals surface area contributed by atoms with Crippen LogP contribution >= 0.6 is 47.0 Å². The second-order valence-electron chi connectivity index (χ2n) is 5.07. The van der Waals surface area contributed by atoms with E-state index in [1.54, 1.807) is 42.5 Å². The van der Waals surface area contributed by atoms with E-state index in [1.165, 1.54) is 11.0 Å². The monoisotopic (exact) mass is 410 g/mol. The number of hydrogen-bond donors (Lipinski definition) is 1. The number of anilines is 1. The van der Waals surface area contributed by atoms with Gasteiger partial charge in [-0.3, -0.25) is 19.8 Å². The molecule has 8 heteroatoms. The molecule has 1 heterocycles. The summed E-state index contributed by atoms with van der Waals surface area (Å²) in [6, 6.07) is 11.4. The highest BCUT2D eigenvalue weighted by Gasteiger charge is 2.34. The van der Waals surface area contributed by atoms with Crippen molar-refractivity contribution in [2.24, 2.45) is 0 Å². The van der Waals surface area contributed by atoms with Crippen LogP contribution in [0.3, 0.4) is 0 Å². The van der Waals surface area contributed by atoms with Gasteiger partial charge in [0, 0.05) is 20.6 Å². The topological polar surface area (TPSA) is 49.4 Å². The smallest absolute Gasteiger partial charge is 0.270 e. The average molecular weight is 412 g/mol. The van der Waals surface area contributed by atoms with E-state index in [2.05, 4.69) is 5.32 Å². The van der Waals surface area contributed by atoms with Crippen LogP contribution in [0, 0.1) is 0 Å². The molecule has 1 fully saturated rings. The Labute approximate surface area is 164 Å². The SMILES string of the molecule is O=C1NC(=S)N(c2ccc(Cl)cc2)C(=O)C1=Cc1c(Cl)cccc1Cl. The van der Waals surface area contributed by atoms with Gasteiger partial charge in [-0.05, 0) is 54.7 Å². The fourth-order valence-electron chi connectivity index (χ4n) is 2.28. The minimum absolute atomic E-state index is 0.0141. The Morgan fingerprint density at radius 3 is 2.16 bits per heavy atom. The molecule has 1 aliphatic rings. The Hall–Kier alpha value is -1.92. The van der Waals surface area contributed by atoms with Crippen LogP contribution in [0.2, 0.25) is 15.1 Å². The normalized spacial score (nSPS) is 16.4. The van der Waals surface area contributed by atoms with Crippen molar-refractivity contribution in [3.63, 3.8) is 0 Å². The number of hydrogen-bond acceptors (Lipinski definition) is 3. The van der Waals surface area contributed by atoms with Gasteiger partial charge in [-0.15, -0.1) is 0 Å². The van der Waals surface area contributed by atoms with Crippen molar-refractivity contribution in [1.82, 2.24) is 5.32 Å². The maximum atomic E-state index is 12.8. The Kier molecular flexibility index (Phi) is 5.11. The molecule has 3 rings (SSSR count). The standard InChI is InChI=1S/C17H9Cl3N2O2S/c18-9-4-6-10(7-5-9)22-16(24)12(15(23)21-17(22)25)8-11-13(19)2-1-3-14(11)20/h1-8H,(H,21,23,25). The molecule has 0 spiro atoms. The third-order valence-electron chi connectivity index (χ3n) is 3.47.